The minimum atomic E-state index is -0.328. The molecule has 9 heteroatoms. The molecule has 1 N–H and O–H groups in total. The molecule has 29 heavy (non-hydrogen) atoms. The summed E-state index contributed by atoms with van der Waals surface area (Å²) in [7, 11) is 0. The quantitative estimate of drug-likeness (QED) is 0.542. The number of halogens is 1. The number of carbonyl (C=O) groups excluding carboxylic acids is 1. The van der Waals surface area contributed by atoms with Gasteiger partial charge in [0.1, 0.15) is 5.82 Å². The summed E-state index contributed by atoms with van der Waals surface area (Å²) < 4.78 is 20.2. The number of nitrogens with zero attached hydrogens (tertiary/aromatic N) is 5. The van der Waals surface area contributed by atoms with Gasteiger partial charge in [0.25, 0.3) is 5.89 Å². The number of aromatic nitrogens is 5. The molecule has 1 amide bonds. The number of benzene rings is 1. The lowest BCUT2D eigenvalue weighted by Crippen LogP contribution is -2.25. The van der Waals surface area contributed by atoms with E-state index in [1.165, 1.54) is 12.1 Å². The van der Waals surface area contributed by atoms with Gasteiger partial charge in [-0.2, -0.15) is 4.98 Å². The van der Waals surface area contributed by atoms with Crippen LogP contribution in [0.3, 0.4) is 0 Å². The Kier molecular flexibility index (Phi) is 4.27. The third-order valence-corrected chi connectivity index (χ3v) is 4.84. The van der Waals surface area contributed by atoms with Gasteiger partial charge in [-0.05, 0) is 42.7 Å². The molecular formula is C20H17FN6O2. The van der Waals surface area contributed by atoms with Crippen LogP contribution in [-0.4, -0.2) is 30.6 Å². The van der Waals surface area contributed by atoms with E-state index in [4.69, 9.17) is 4.52 Å². The molecule has 0 saturated heterocycles. The summed E-state index contributed by atoms with van der Waals surface area (Å²) in [6.45, 7) is 0.210. The van der Waals surface area contributed by atoms with Crippen LogP contribution in [0.5, 0.6) is 0 Å². The standard InChI is InChI=1S/C20H17FN6O2/c21-14-7-3-12(4-8-14)10-17(28)22-11-16-24-25-19-15(2-1-9-27(16)19)20-23-18(26-29-20)13-5-6-13/h1-4,7-9,13H,5-6,10-11H2,(H,22,28). The Bertz CT molecular complexity index is 1180. The number of rotatable bonds is 6. The summed E-state index contributed by atoms with van der Waals surface area (Å²) in [6.07, 6.45) is 4.17. The molecule has 1 fully saturated rings. The van der Waals surface area contributed by atoms with Gasteiger partial charge in [0.2, 0.25) is 5.91 Å². The molecule has 5 rings (SSSR count). The zero-order valence-electron chi connectivity index (χ0n) is 15.4. The van der Waals surface area contributed by atoms with Gasteiger partial charge in [-0.15, -0.1) is 10.2 Å². The zero-order valence-corrected chi connectivity index (χ0v) is 15.4. The van der Waals surface area contributed by atoms with Gasteiger partial charge in [0, 0.05) is 12.1 Å². The lowest BCUT2D eigenvalue weighted by atomic mass is 10.1. The highest BCUT2D eigenvalue weighted by atomic mass is 19.1. The molecule has 8 nitrogen and oxygen atoms in total. The predicted octanol–water partition coefficient (Wildman–Crippen LogP) is 2.65. The Morgan fingerprint density at radius 3 is 2.83 bits per heavy atom. The van der Waals surface area contributed by atoms with Crippen molar-refractivity contribution in [3.8, 4) is 11.5 Å². The molecule has 0 atom stereocenters. The highest BCUT2D eigenvalue weighted by Gasteiger charge is 2.29. The summed E-state index contributed by atoms with van der Waals surface area (Å²) in [4.78, 5) is 16.7. The molecule has 0 aliphatic heterocycles. The van der Waals surface area contributed by atoms with Gasteiger partial charge in [-0.1, -0.05) is 17.3 Å². The molecular weight excluding hydrogens is 375 g/mol. The second kappa shape index (κ2) is 7.08. The highest BCUT2D eigenvalue weighted by molar-refractivity contribution is 5.78. The van der Waals surface area contributed by atoms with E-state index in [0.717, 1.165) is 24.2 Å². The Morgan fingerprint density at radius 1 is 1.21 bits per heavy atom. The van der Waals surface area contributed by atoms with Crippen molar-refractivity contribution in [1.29, 1.82) is 0 Å². The fraction of sp³-hybridized carbons (Fsp3) is 0.250. The lowest BCUT2D eigenvalue weighted by molar-refractivity contribution is -0.120. The number of hydrogen-bond donors (Lipinski definition) is 1. The Hall–Kier alpha value is -3.62. The van der Waals surface area contributed by atoms with Crippen molar-refractivity contribution in [2.45, 2.75) is 31.7 Å². The Balaban J connectivity index is 1.32. The maximum absolute atomic E-state index is 13.0. The van der Waals surface area contributed by atoms with E-state index in [1.807, 2.05) is 18.3 Å². The average molecular weight is 392 g/mol. The van der Waals surface area contributed by atoms with Crippen LogP contribution >= 0.6 is 0 Å². The van der Waals surface area contributed by atoms with E-state index in [2.05, 4.69) is 25.7 Å². The molecule has 0 unspecified atom stereocenters. The number of pyridine rings is 1. The first kappa shape index (κ1) is 17.5. The van der Waals surface area contributed by atoms with Gasteiger partial charge < -0.3 is 9.84 Å². The smallest absolute Gasteiger partial charge is 0.261 e. The largest absolute Gasteiger partial charge is 0.348 e. The van der Waals surface area contributed by atoms with Crippen molar-refractivity contribution >= 4 is 11.6 Å². The van der Waals surface area contributed by atoms with Crippen LogP contribution < -0.4 is 5.32 Å². The van der Waals surface area contributed by atoms with Crippen molar-refractivity contribution in [2.75, 3.05) is 0 Å². The van der Waals surface area contributed by atoms with Crippen LogP contribution in [0.1, 0.15) is 36.0 Å². The average Bonchev–Trinajstić information content (AvgIpc) is 3.31. The number of amides is 1. The van der Waals surface area contributed by atoms with Crippen LogP contribution in [0.2, 0.25) is 0 Å². The fourth-order valence-electron chi connectivity index (χ4n) is 3.13. The second-order valence-corrected chi connectivity index (χ2v) is 7.04. The summed E-state index contributed by atoms with van der Waals surface area (Å²) in [5.41, 5.74) is 2.02. The van der Waals surface area contributed by atoms with E-state index in [-0.39, 0.29) is 24.7 Å². The summed E-state index contributed by atoms with van der Waals surface area (Å²) in [5.74, 6) is 1.61. The van der Waals surface area contributed by atoms with Crippen LogP contribution in [0.15, 0.2) is 47.1 Å². The van der Waals surface area contributed by atoms with Crippen molar-refractivity contribution in [2.24, 2.45) is 0 Å². The normalized spacial score (nSPS) is 13.7. The van der Waals surface area contributed by atoms with Gasteiger partial charge in [0.05, 0.1) is 18.5 Å². The van der Waals surface area contributed by atoms with Gasteiger partial charge in [-0.25, -0.2) is 4.39 Å². The first-order valence-corrected chi connectivity index (χ1v) is 9.35. The van der Waals surface area contributed by atoms with E-state index < -0.39 is 0 Å². The van der Waals surface area contributed by atoms with Crippen molar-refractivity contribution < 1.29 is 13.7 Å². The van der Waals surface area contributed by atoms with Gasteiger partial charge >= 0.3 is 0 Å². The Labute approximate surface area is 164 Å². The first-order valence-electron chi connectivity index (χ1n) is 9.35. The Morgan fingerprint density at radius 2 is 2.03 bits per heavy atom. The van der Waals surface area contributed by atoms with E-state index >= 15 is 0 Å². The van der Waals surface area contributed by atoms with Crippen molar-refractivity contribution in [1.82, 2.24) is 30.1 Å². The van der Waals surface area contributed by atoms with Crippen LogP contribution in [-0.2, 0) is 17.8 Å². The highest BCUT2D eigenvalue weighted by Crippen LogP contribution is 2.39. The molecule has 0 radical (unpaired) electrons. The zero-order chi connectivity index (χ0) is 19.8. The summed E-state index contributed by atoms with van der Waals surface area (Å²) >= 11 is 0. The predicted molar refractivity (Wildman–Crippen MR) is 100 cm³/mol. The molecule has 0 spiro atoms. The fourth-order valence-corrected chi connectivity index (χ4v) is 3.13. The number of nitrogens with one attached hydrogen (secondary N) is 1. The van der Waals surface area contributed by atoms with Gasteiger partial charge in [0.15, 0.2) is 17.3 Å². The van der Waals surface area contributed by atoms with Crippen LogP contribution in [0.25, 0.3) is 17.1 Å². The minimum absolute atomic E-state index is 0.161. The van der Waals surface area contributed by atoms with Gasteiger partial charge in [-0.3, -0.25) is 9.20 Å². The molecule has 1 aliphatic carbocycles. The van der Waals surface area contributed by atoms with E-state index in [9.17, 15) is 9.18 Å². The molecule has 3 heterocycles. The number of fused-ring (bicyclic) bond motifs is 1. The molecule has 1 aromatic carbocycles. The third kappa shape index (κ3) is 3.58. The van der Waals surface area contributed by atoms with Crippen molar-refractivity contribution in [3.05, 3.63) is 65.6 Å². The molecule has 0 bridgehead atoms. The molecule has 1 aliphatic rings. The van der Waals surface area contributed by atoms with Crippen LogP contribution in [0.4, 0.5) is 4.39 Å². The minimum Gasteiger partial charge on any atom is -0.348 e. The van der Waals surface area contributed by atoms with E-state index in [0.29, 0.717) is 28.8 Å². The second-order valence-electron chi connectivity index (χ2n) is 7.04. The summed E-state index contributed by atoms with van der Waals surface area (Å²) in [5, 5.41) is 15.3. The maximum atomic E-state index is 13.0. The number of carbonyl (C=O) groups is 1. The molecule has 3 aromatic heterocycles. The monoisotopic (exact) mass is 392 g/mol. The molecule has 4 aromatic rings. The molecule has 1 saturated carbocycles. The van der Waals surface area contributed by atoms with Crippen LogP contribution in [0, 0.1) is 5.82 Å². The number of hydrogen-bond acceptors (Lipinski definition) is 6. The summed E-state index contributed by atoms with van der Waals surface area (Å²) in [6, 6.07) is 9.55. The van der Waals surface area contributed by atoms with Crippen molar-refractivity contribution in [3.63, 3.8) is 0 Å². The third-order valence-electron chi connectivity index (χ3n) is 4.84. The molecule has 146 valence electrons. The van der Waals surface area contributed by atoms with E-state index in [1.54, 1.807) is 16.5 Å². The maximum Gasteiger partial charge on any atom is 0.261 e. The SMILES string of the molecule is O=C(Cc1ccc(F)cc1)NCc1nnc2c(-c3nc(C4CC4)no3)cccn12. The first-order chi connectivity index (χ1) is 14.2. The topological polar surface area (TPSA) is 98.2 Å². The lowest BCUT2D eigenvalue weighted by Gasteiger charge is -2.05.